The molecule has 1 aromatic rings. The van der Waals surface area contributed by atoms with Gasteiger partial charge in [-0.05, 0) is 18.6 Å². The van der Waals surface area contributed by atoms with Gasteiger partial charge in [0.25, 0.3) is 0 Å². The van der Waals surface area contributed by atoms with Crippen molar-refractivity contribution in [3.8, 4) is 11.5 Å². The summed E-state index contributed by atoms with van der Waals surface area (Å²) in [5, 5.41) is 7.62. The van der Waals surface area contributed by atoms with E-state index in [-0.39, 0.29) is 0 Å². The van der Waals surface area contributed by atoms with Crippen molar-refractivity contribution in [1.82, 2.24) is 0 Å². The molecule has 1 atom stereocenters. The number of para-hydroxylation sites is 2. The molecule has 0 saturated carbocycles. The fourth-order valence-corrected chi connectivity index (χ4v) is 0.962. The topological polar surface area (TPSA) is 55.8 Å². The van der Waals surface area contributed by atoms with Gasteiger partial charge in [0, 0.05) is 0 Å². The molecule has 1 unspecified atom stereocenters. The van der Waals surface area contributed by atoms with E-state index in [0.717, 1.165) is 11.5 Å². The van der Waals surface area contributed by atoms with Crippen LogP contribution in [0.1, 0.15) is 13.3 Å². The third-order valence-electron chi connectivity index (χ3n) is 1.96. The Morgan fingerprint density at radius 3 is 1.88 bits per heavy atom. The zero-order chi connectivity index (χ0) is 13.3. The van der Waals surface area contributed by atoms with Crippen molar-refractivity contribution >= 4 is 18.6 Å². The number of aliphatic carboxylic acids is 1. The smallest absolute Gasteiger partial charge is 0.316 e. The molecule has 1 aromatic carbocycles. The molecule has 0 aliphatic heterocycles. The highest BCUT2D eigenvalue weighted by molar-refractivity contribution is 7.81. The Labute approximate surface area is 107 Å². The number of carboxylic acid groups (broad SMARTS) is 1. The largest absolute Gasteiger partial charge is 0.493 e. The lowest BCUT2D eigenvalue weighted by atomic mass is 10.3. The fraction of sp³-hybridized carbons (Fsp3) is 0.417. The second-order valence-electron chi connectivity index (χ2n) is 3.12. The molecule has 17 heavy (non-hydrogen) atoms. The van der Waals surface area contributed by atoms with Crippen LogP contribution < -0.4 is 9.47 Å². The molecule has 0 heterocycles. The van der Waals surface area contributed by atoms with Gasteiger partial charge in [0.2, 0.25) is 0 Å². The third-order valence-corrected chi connectivity index (χ3v) is 2.55. The van der Waals surface area contributed by atoms with E-state index < -0.39 is 11.2 Å². The predicted molar refractivity (Wildman–Crippen MR) is 70.2 cm³/mol. The maximum atomic E-state index is 9.85. The van der Waals surface area contributed by atoms with Gasteiger partial charge in [0.05, 0.1) is 19.5 Å². The van der Waals surface area contributed by atoms with Crippen molar-refractivity contribution in [2.24, 2.45) is 0 Å². The summed E-state index contributed by atoms with van der Waals surface area (Å²) in [4.78, 5) is 9.85. The second-order valence-corrected chi connectivity index (χ2v) is 3.74. The van der Waals surface area contributed by atoms with Crippen molar-refractivity contribution in [2.45, 2.75) is 18.6 Å². The van der Waals surface area contributed by atoms with E-state index in [1.165, 1.54) is 0 Å². The molecule has 1 N–H and O–H groups in total. The van der Waals surface area contributed by atoms with Gasteiger partial charge in [0.1, 0.15) is 0 Å². The van der Waals surface area contributed by atoms with Crippen LogP contribution in [-0.2, 0) is 4.79 Å². The summed E-state index contributed by atoms with van der Waals surface area (Å²) < 4.78 is 10.0. The van der Waals surface area contributed by atoms with Gasteiger partial charge >= 0.3 is 5.97 Å². The lowest BCUT2D eigenvalue weighted by Crippen LogP contribution is -2.10. The first-order chi connectivity index (χ1) is 8.06. The molecule has 0 saturated heterocycles. The van der Waals surface area contributed by atoms with Crippen LogP contribution in [0.3, 0.4) is 0 Å². The van der Waals surface area contributed by atoms with Crippen LogP contribution in [0.4, 0.5) is 0 Å². The van der Waals surface area contributed by atoms with Crippen LogP contribution >= 0.6 is 12.6 Å². The van der Waals surface area contributed by atoms with Gasteiger partial charge in [-0.25, -0.2) is 0 Å². The summed E-state index contributed by atoms with van der Waals surface area (Å²) in [6.07, 6.45) is 0.582. The lowest BCUT2D eigenvalue weighted by Gasteiger charge is -2.04. The summed E-state index contributed by atoms with van der Waals surface area (Å²) in [5.74, 6) is 0.695. The van der Waals surface area contributed by atoms with Crippen molar-refractivity contribution in [2.75, 3.05) is 14.2 Å². The van der Waals surface area contributed by atoms with Crippen LogP contribution in [0, 0.1) is 0 Å². The molecule has 96 valence electrons. The SMILES string of the molecule is CCC(S)C(=O)O.COc1ccccc1OC. The first-order valence-electron chi connectivity index (χ1n) is 5.14. The molecule has 0 aromatic heterocycles. The van der Waals surface area contributed by atoms with E-state index in [2.05, 4.69) is 12.6 Å². The number of carbonyl (C=O) groups is 1. The molecular formula is C12H18O4S. The molecular weight excluding hydrogens is 240 g/mol. The van der Waals surface area contributed by atoms with Crippen LogP contribution in [-0.4, -0.2) is 30.5 Å². The molecule has 1 rings (SSSR count). The number of ether oxygens (including phenoxy) is 2. The van der Waals surface area contributed by atoms with Crippen LogP contribution in [0.2, 0.25) is 0 Å². The zero-order valence-corrected chi connectivity index (χ0v) is 11.1. The van der Waals surface area contributed by atoms with E-state index in [1.54, 1.807) is 21.1 Å². The number of hydrogen-bond acceptors (Lipinski definition) is 4. The van der Waals surface area contributed by atoms with Crippen molar-refractivity contribution in [3.05, 3.63) is 24.3 Å². The van der Waals surface area contributed by atoms with Crippen LogP contribution in [0.15, 0.2) is 24.3 Å². The quantitative estimate of drug-likeness (QED) is 0.815. The van der Waals surface area contributed by atoms with Gasteiger partial charge in [-0.1, -0.05) is 19.1 Å². The molecule has 0 spiro atoms. The third kappa shape index (κ3) is 6.06. The Morgan fingerprint density at radius 2 is 1.71 bits per heavy atom. The number of benzene rings is 1. The number of methoxy groups -OCH3 is 2. The van der Waals surface area contributed by atoms with E-state index in [0.29, 0.717) is 6.42 Å². The van der Waals surface area contributed by atoms with Crippen molar-refractivity contribution in [3.63, 3.8) is 0 Å². The summed E-state index contributed by atoms with van der Waals surface area (Å²) in [6.45, 7) is 1.78. The van der Waals surface area contributed by atoms with Gasteiger partial charge in [-0.3, -0.25) is 4.79 Å². The molecule has 4 nitrogen and oxygen atoms in total. The zero-order valence-electron chi connectivity index (χ0n) is 10.2. The number of carboxylic acids is 1. The molecule has 0 fully saturated rings. The highest BCUT2D eigenvalue weighted by Gasteiger charge is 2.06. The van der Waals surface area contributed by atoms with Gasteiger partial charge in [-0.15, -0.1) is 0 Å². The Balaban J connectivity index is 0.000000325. The molecule has 5 heteroatoms. The Morgan fingerprint density at radius 1 is 1.29 bits per heavy atom. The minimum atomic E-state index is -0.842. The number of thiol groups is 1. The van der Waals surface area contributed by atoms with Gasteiger partial charge in [0.15, 0.2) is 11.5 Å². The average molecular weight is 258 g/mol. The molecule has 0 radical (unpaired) electrons. The Hall–Kier alpha value is -1.36. The molecule has 0 amide bonds. The van der Waals surface area contributed by atoms with Gasteiger partial charge in [-0.2, -0.15) is 12.6 Å². The van der Waals surface area contributed by atoms with Crippen molar-refractivity contribution < 1.29 is 19.4 Å². The maximum Gasteiger partial charge on any atom is 0.316 e. The number of rotatable bonds is 4. The minimum Gasteiger partial charge on any atom is -0.493 e. The lowest BCUT2D eigenvalue weighted by molar-refractivity contribution is -0.136. The first kappa shape index (κ1) is 15.6. The Kier molecular flexibility index (Phi) is 8.05. The fourth-order valence-electron chi connectivity index (χ4n) is 0.962. The van der Waals surface area contributed by atoms with E-state index in [1.807, 2.05) is 24.3 Å². The summed E-state index contributed by atoms with van der Waals surface area (Å²) >= 11 is 3.73. The van der Waals surface area contributed by atoms with Gasteiger partial charge < -0.3 is 14.6 Å². The maximum absolute atomic E-state index is 9.85. The van der Waals surface area contributed by atoms with Crippen LogP contribution in [0.5, 0.6) is 11.5 Å². The minimum absolute atomic E-state index is 0.486. The summed E-state index contributed by atoms with van der Waals surface area (Å²) in [5.41, 5.74) is 0. The molecule has 0 aliphatic rings. The second kappa shape index (κ2) is 8.75. The Bertz CT molecular complexity index is 318. The summed E-state index contributed by atoms with van der Waals surface area (Å²) in [7, 11) is 3.25. The first-order valence-corrected chi connectivity index (χ1v) is 5.66. The molecule has 0 bridgehead atoms. The monoisotopic (exact) mass is 258 g/mol. The average Bonchev–Trinajstić information content (AvgIpc) is 2.38. The highest BCUT2D eigenvalue weighted by atomic mass is 32.1. The van der Waals surface area contributed by atoms with Crippen LogP contribution in [0.25, 0.3) is 0 Å². The highest BCUT2D eigenvalue weighted by Crippen LogP contribution is 2.24. The van der Waals surface area contributed by atoms with E-state index in [4.69, 9.17) is 14.6 Å². The molecule has 0 aliphatic carbocycles. The number of hydrogen-bond donors (Lipinski definition) is 2. The van der Waals surface area contributed by atoms with Crippen molar-refractivity contribution in [1.29, 1.82) is 0 Å². The summed E-state index contributed by atoms with van der Waals surface area (Å²) in [6, 6.07) is 7.53. The normalized spacial score (nSPS) is 10.8. The van der Waals surface area contributed by atoms with E-state index >= 15 is 0 Å². The predicted octanol–water partition coefficient (Wildman–Crippen LogP) is 2.48. The standard InChI is InChI=1S/C8H10O2.C4H8O2S/c1-9-7-5-3-4-6-8(7)10-2;1-2-3(7)4(5)6/h3-6H,1-2H3;3,7H,2H2,1H3,(H,5,6). The van der Waals surface area contributed by atoms with E-state index in [9.17, 15) is 4.79 Å².